The summed E-state index contributed by atoms with van der Waals surface area (Å²) in [5, 5.41) is 13.4. The highest BCUT2D eigenvalue weighted by Crippen LogP contribution is 2.28. The Morgan fingerprint density at radius 1 is 1.24 bits per heavy atom. The highest BCUT2D eigenvalue weighted by Gasteiger charge is 2.24. The van der Waals surface area contributed by atoms with Crippen molar-refractivity contribution in [1.29, 1.82) is 0 Å². The molecule has 150 valence electrons. The number of rotatable bonds is 6. The second-order valence-electron chi connectivity index (χ2n) is 7.18. The van der Waals surface area contributed by atoms with Crippen LogP contribution in [0.2, 0.25) is 0 Å². The van der Waals surface area contributed by atoms with E-state index in [2.05, 4.69) is 22.4 Å². The molecular formula is C22H23N3O4. The second-order valence-corrected chi connectivity index (χ2v) is 7.18. The monoisotopic (exact) mass is 393 g/mol. The Morgan fingerprint density at radius 3 is 2.72 bits per heavy atom. The molecule has 7 heteroatoms. The van der Waals surface area contributed by atoms with E-state index in [0.29, 0.717) is 23.6 Å². The van der Waals surface area contributed by atoms with Crippen LogP contribution in [-0.4, -0.2) is 34.4 Å². The third-order valence-corrected chi connectivity index (χ3v) is 4.99. The number of nitrogens with zero attached hydrogens (tertiary/aromatic N) is 2. The average molecular weight is 393 g/mol. The molecule has 1 aromatic heterocycles. The predicted molar refractivity (Wildman–Crippen MR) is 110 cm³/mol. The molecule has 1 aliphatic rings. The summed E-state index contributed by atoms with van der Waals surface area (Å²) in [4.78, 5) is 16.2. The molecule has 0 bridgehead atoms. The molecule has 3 aromatic rings. The van der Waals surface area contributed by atoms with Gasteiger partial charge in [-0.25, -0.2) is 10.4 Å². The molecule has 0 spiro atoms. The molecule has 0 radical (unpaired) electrons. The van der Waals surface area contributed by atoms with Crippen molar-refractivity contribution in [2.45, 2.75) is 32.8 Å². The number of carbonyl (C=O) groups is 1. The van der Waals surface area contributed by atoms with Gasteiger partial charge in [-0.3, -0.25) is 4.79 Å². The maximum Gasteiger partial charge on any atom is 0.240 e. The van der Waals surface area contributed by atoms with Crippen molar-refractivity contribution in [3.05, 3.63) is 48.0 Å². The maximum absolute atomic E-state index is 11.6. The summed E-state index contributed by atoms with van der Waals surface area (Å²) in [5.41, 5.74) is 6.62. The predicted octanol–water partition coefficient (Wildman–Crippen LogP) is 3.50. The van der Waals surface area contributed by atoms with Gasteiger partial charge in [-0.05, 0) is 49.7 Å². The Kier molecular flexibility index (Phi) is 5.31. The molecule has 0 aliphatic carbocycles. The minimum Gasteiger partial charge on any atom is -0.488 e. The number of nitrogens with one attached hydrogen (secondary N) is 1. The number of amides is 1. The Hall–Kier alpha value is -3.19. The Morgan fingerprint density at radius 2 is 2.00 bits per heavy atom. The zero-order valence-corrected chi connectivity index (χ0v) is 16.4. The quantitative estimate of drug-likeness (QED) is 0.668. The van der Waals surface area contributed by atoms with Gasteiger partial charge in [0, 0.05) is 23.5 Å². The molecule has 2 unspecified atom stereocenters. The number of hydrogen-bond donors (Lipinski definition) is 2. The largest absolute Gasteiger partial charge is 0.488 e. The van der Waals surface area contributed by atoms with Gasteiger partial charge in [-0.15, -0.1) is 0 Å². The number of benzene rings is 2. The molecule has 29 heavy (non-hydrogen) atoms. The summed E-state index contributed by atoms with van der Waals surface area (Å²) < 4.78 is 11.6. The summed E-state index contributed by atoms with van der Waals surface area (Å²) in [6, 6.07) is 13.2. The van der Waals surface area contributed by atoms with E-state index in [1.165, 1.54) is 0 Å². The molecule has 0 saturated carbocycles. The Bertz CT molecular complexity index is 1060. The van der Waals surface area contributed by atoms with Gasteiger partial charge in [0.25, 0.3) is 0 Å². The number of oxazole rings is 1. The van der Waals surface area contributed by atoms with Gasteiger partial charge in [0.15, 0.2) is 5.58 Å². The number of hydrazone groups is 1. The third-order valence-electron chi connectivity index (χ3n) is 4.99. The summed E-state index contributed by atoms with van der Waals surface area (Å²) >= 11 is 0. The lowest BCUT2D eigenvalue weighted by Gasteiger charge is -2.21. The van der Waals surface area contributed by atoms with E-state index in [1.54, 1.807) is 6.92 Å². The fourth-order valence-corrected chi connectivity index (χ4v) is 3.37. The molecule has 4 rings (SSSR count). The highest BCUT2D eigenvalue weighted by atomic mass is 16.5. The van der Waals surface area contributed by atoms with Gasteiger partial charge in [-0.1, -0.05) is 13.0 Å². The van der Waals surface area contributed by atoms with Crippen molar-refractivity contribution in [2.75, 3.05) is 6.61 Å². The highest BCUT2D eigenvalue weighted by molar-refractivity contribution is 6.07. The first-order valence-electron chi connectivity index (χ1n) is 9.72. The average Bonchev–Trinajstić information content (AvgIpc) is 3.17. The van der Waals surface area contributed by atoms with E-state index in [9.17, 15) is 4.79 Å². The second kappa shape index (κ2) is 8.05. The zero-order chi connectivity index (χ0) is 20.4. The molecule has 1 aliphatic heterocycles. The number of ether oxygens (including phenoxy) is 1. The molecular weight excluding hydrogens is 370 g/mol. The number of hydrogen-bond acceptors (Lipinski definition) is 6. The lowest BCUT2D eigenvalue weighted by Crippen LogP contribution is -2.33. The van der Waals surface area contributed by atoms with Crippen molar-refractivity contribution in [3.8, 4) is 17.2 Å². The number of fused-ring (bicyclic) bond motifs is 1. The topological polar surface area (TPSA) is 97.0 Å². The van der Waals surface area contributed by atoms with Crippen LogP contribution >= 0.6 is 0 Å². The summed E-state index contributed by atoms with van der Waals surface area (Å²) in [7, 11) is 0. The van der Waals surface area contributed by atoms with E-state index in [0.717, 1.165) is 28.8 Å². The smallest absolute Gasteiger partial charge is 0.240 e. The Balaban J connectivity index is 1.61. The molecule has 1 amide bonds. The Labute approximate surface area is 168 Å². The lowest BCUT2D eigenvalue weighted by atomic mass is 9.90. The van der Waals surface area contributed by atoms with Crippen LogP contribution in [0, 0.1) is 5.92 Å². The minimum absolute atomic E-state index is 0.0386. The standard InChI is InChI=1S/C22H23N3O4/c1-3-14-11-20(27)24-25-21(14)16-6-9-18-19(10-16)29-22(23-18)15-4-7-17(8-5-15)28-13(2)12-26/h4-10,13-14,26H,3,11-12H2,1-2H3,(H,24,27). The lowest BCUT2D eigenvalue weighted by molar-refractivity contribution is -0.122. The molecule has 2 atom stereocenters. The zero-order valence-electron chi connectivity index (χ0n) is 16.4. The van der Waals surface area contributed by atoms with Crippen LogP contribution in [0.5, 0.6) is 5.75 Å². The van der Waals surface area contributed by atoms with Crippen molar-refractivity contribution in [3.63, 3.8) is 0 Å². The number of aromatic nitrogens is 1. The van der Waals surface area contributed by atoms with Gasteiger partial charge in [0.2, 0.25) is 11.8 Å². The minimum atomic E-state index is -0.261. The summed E-state index contributed by atoms with van der Waals surface area (Å²) in [6.45, 7) is 3.82. The normalized spacial score (nSPS) is 17.7. The van der Waals surface area contributed by atoms with Crippen LogP contribution in [-0.2, 0) is 4.79 Å². The van der Waals surface area contributed by atoms with E-state index < -0.39 is 0 Å². The van der Waals surface area contributed by atoms with Gasteiger partial charge in [-0.2, -0.15) is 5.10 Å². The first-order chi connectivity index (χ1) is 14.1. The first kappa shape index (κ1) is 19.1. The first-order valence-corrected chi connectivity index (χ1v) is 9.72. The van der Waals surface area contributed by atoms with E-state index in [4.69, 9.17) is 14.3 Å². The fraction of sp³-hybridized carbons (Fsp3) is 0.318. The van der Waals surface area contributed by atoms with Crippen LogP contribution in [0.15, 0.2) is 52.0 Å². The van der Waals surface area contributed by atoms with Gasteiger partial charge < -0.3 is 14.3 Å². The molecule has 2 N–H and O–H groups in total. The van der Waals surface area contributed by atoms with Crippen LogP contribution in [0.1, 0.15) is 32.3 Å². The molecule has 0 fully saturated rings. The molecule has 2 heterocycles. The van der Waals surface area contributed by atoms with Crippen molar-refractivity contribution >= 4 is 22.7 Å². The van der Waals surface area contributed by atoms with E-state index in [-0.39, 0.29) is 24.5 Å². The summed E-state index contributed by atoms with van der Waals surface area (Å²) in [5.74, 6) is 1.24. The maximum atomic E-state index is 11.6. The van der Waals surface area contributed by atoms with Crippen molar-refractivity contribution < 1.29 is 19.1 Å². The van der Waals surface area contributed by atoms with E-state index >= 15 is 0 Å². The van der Waals surface area contributed by atoms with Crippen molar-refractivity contribution in [1.82, 2.24) is 10.4 Å². The third kappa shape index (κ3) is 4.00. The van der Waals surface area contributed by atoms with Crippen LogP contribution in [0.4, 0.5) is 0 Å². The fourth-order valence-electron chi connectivity index (χ4n) is 3.37. The van der Waals surface area contributed by atoms with Crippen LogP contribution in [0.3, 0.4) is 0 Å². The summed E-state index contributed by atoms with van der Waals surface area (Å²) in [6.07, 6.45) is 1.02. The van der Waals surface area contributed by atoms with Crippen molar-refractivity contribution in [2.24, 2.45) is 11.0 Å². The van der Waals surface area contributed by atoms with Crippen LogP contribution < -0.4 is 10.2 Å². The number of carbonyl (C=O) groups excluding carboxylic acids is 1. The van der Waals surface area contributed by atoms with Crippen LogP contribution in [0.25, 0.3) is 22.6 Å². The van der Waals surface area contributed by atoms with E-state index in [1.807, 2.05) is 42.5 Å². The van der Waals surface area contributed by atoms with Gasteiger partial charge in [0.1, 0.15) is 17.4 Å². The molecule has 2 aromatic carbocycles. The molecule has 0 saturated heterocycles. The van der Waals surface area contributed by atoms with Gasteiger partial charge >= 0.3 is 0 Å². The SMILES string of the molecule is CCC1CC(=O)NN=C1c1ccc2nc(-c3ccc(OC(C)CO)cc3)oc2c1. The number of aliphatic hydroxyl groups is 1. The van der Waals surface area contributed by atoms with Gasteiger partial charge in [0.05, 0.1) is 12.3 Å². The number of aliphatic hydroxyl groups excluding tert-OH is 1. The molecule has 7 nitrogen and oxygen atoms in total.